The molecule has 1 unspecified atom stereocenters. The van der Waals surface area contributed by atoms with E-state index in [1.807, 2.05) is 26.0 Å². The number of hydrogen-bond acceptors (Lipinski definition) is 4. The van der Waals surface area contributed by atoms with E-state index in [1.54, 1.807) is 23.7 Å². The predicted octanol–water partition coefficient (Wildman–Crippen LogP) is 2.97. The fourth-order valence-electron chi connectivity index (χ4n) is 1.78. The molecule has 0 fully saturated rings. The van der Waals surface area contributed by atoms with Crippen LogP contribution in [-0.2, 0) is 11.2 Å². The van der Waals surface area contributed by atoms with Gasteiger partial charge < -0.3 is 5.32 Å². The Kier molecular flexibility index (Phi) is 4.84. The normalized spacial score (nSPS) is 12.2. The average molecular weight is 289 g/mol. The molecule has 0 aliphatic carbocycles. The van der Waals surface area contributed by atoms with Crippen LogP contribution in [0.1, 0.15) is 30.8 Å². The summed E-state index contributed by atoms with van der Waals surface area (Å²) in [7, 11) is 0. The molecule has 20 heavy (non-hydrogen) atoms. The number of hydrogen-bond donors (Lipinski definition) is 1. The zero-order valence-electron chi connectivity index (χ0n) is 12.0. The Morgan fingerprint density at radius 1 is 1.50 bits per heavy atom. The van der Waals surface area contributed by atoms with Crippen LogP contribution in [-0.4, -0.2) is 21.9 Å². The summed E-state index contributed by atoms with van der Waals surface area (Å²) in [5.74, 6) is 0.0591. The van der Waals surface area contributed by atoms with E-state index in [0.717, 1.165) is 27.6 Å². The van der Waals surface area contributed by atoms with E-state index in [4.69, 9.17) is 0 Å². The summed E-state index contributed by atoms with van der Waals surface area (Å²) in [4.78, 5) is 21.6. The Labute approximate surface area is 123 Å². The Balaban J connectivity index is 2.10. The molecule has 106 valence electrons. The van der Waals surface area contributed by atoms with Gasteiger partial charge in [-0.3, -0.25) is 9.78 Å². The number of aromatic nitrogens is 2. The number of carbonyl (C=O) groups excluding carboxylic acids is 1. The van der Waals surface area contributed by atoms with E-state index < -0.39 is 0 Å². The molecule has 2 heterocycles. The highest BCUT2D eigenvalue weighted by Gasteiger charge is 2.14. The fraction of sp³-hybridized carbons (Fsp3) is 0.400. The molecule has 1 atom stereocenters. The van der Waals surface area contributed by atoms with Gasteiger partial charge in [0.05, 0.1) is 12.1 Å². The first kappa shape index (κ1) is 14.7. The first-order valence-electron chi connectivity index (χ1n) is 6.76. The zero-order valence-corrected chi connectivity index (χ0v) is 12.8. The van der Waals surface area contributed by atoms with Crippen LogP contribution in [0.5, 0.6) is 0 Å². The van der Waals surface area contributed by atoms with Crippen LogP contribution in [0.25, 0.3) is 10.6 Å². The van der Waals surface area contributed by atoms with E-state index in [0.29, 0.717) is 6.42 Å². The first-order chi connectivity index (χ1) is 9.60. The number of nitrogens with one attached hydrogen (secondary N) is 1. The molecule has 0 aromatic carbocycles. The second-order valence-corrected chi connectivity index (χ2v) is 5.91. The molecule has 1 amide bonds. The molecule has 0 aliphatic rings. The topological polar surface area (TPSA) is 54.9 Å². The Bertz CT molecular complexity index is 580. The van der Waals surface area contributed by atoms with E-state index in [2.05, 4.69) is 22.2 Å². The number of pyridine rings is 1. The number of aryl methyl sites for hydroxylation is 1. The SMILES string of the molecule is CCC(C)NC(=O)Cc1sc(-c2cccnc2)nc1C. The van der Waals surface area contributed by atoms with Crippen molar-refractivity contribution >= 4 is 17.2 Å². The van der Waals surface area contributed by atoms with Crippen molar-refractivity contribution in [1.82, 2.24) is 15.3 Å². The van der Waals surface area contributed by atoms with Crippen LogP contribution in [0.15, 0.2) is 24.5 Å². The second kappa shape index (κ2) is 6.61. The highest BCUT2D eigenvalue weighted by atomic mass is 32.1. The van der Waals surface area contributed by atoms with Gasteiger partial charge in [-0.1, -0.05) is 6.92 Å². The number of rotatable bonds is 5. The number of nitrogens with zero attached hydrogens (tertiary/aromatic N) is 2. The van der Waals surface area contributed by atoms with Crippen LogP contribution >= 0.6 is 11.3 Å². The van der Waals surface area contributed by atoms with Crippen molar-refractivity contribution in [2.45, 2.75) is 39.7 Å². The molecule has 5 heteroatoms. The van der Waals surface area contributed by atoms with Crippen LogP contribution in [0, 0.1) is 6.92 Å². The van der Waals surface area contributed by atoms with Crippen molar-refractivity contribution in [3.05, 3.63) is 35.1 Å². The largest absolute Gasteiger partial charge is 0.353 e. The van der Waals surface area contributed by atoms with Gasteiger partial charge in [0.25, 0.3) is 0 Å². The lowest BCUT2D eigenvalue weighted by atomic mass is 10.2. The molecule has 2 aromatic heterocycles. The van der Waals surface area contributed by atoms with Crippen molar-refractivity contribution in [2.24, 2.45) is 0 Å². The average Bonchev–Trinajstić information content (AvgIpc) is 2.81. The van der Waals surface area contributed by atoms with Crippen LogP contribution in [0.2, 0.25) is 0 Å². The predicted molar refractivity (Wildman–Crippen MR) is 81.7 cm³/mol. The van der Waals surface area contributed by atoms with Gasteiger partial charge in [0.1, 0.15) is 5.01 Å². The minimum Gasteiger partial charge on any atom is -0.353 e. The van der Waals surface area contributed by atoms with Crippen molar-refractivity contribution in [3.8, 4) is 10.6 Å². The number of thiazole rings is 1. The third-order valence-corrected chi connectivity index (χ3v) is 4.35. The lowest BCUT2D eigenvalue weighted by Gasteiger charge is -2.10. The van der Waals surface area contributed by atoms with E-state index in [1.165, 1.54) is 0 Å². The van der Waals surface area contributed by atoms with Crippen LogP contribution in [0.4, 0.5) is 0 Å². The molecular weight excluding hydrogens is 270 g/mol. The lowest BCUT2D eigenvalue weighted by molar-refractivity contribution is -0.121. The van der Waals surface area contributed by atoms with Gasteiger partial charge in [0.2, 0.25) is 5.91 Å². The smallest absolute Gasteiger partial charge is 0.225 e. The lowest BCUT2D eigenvalue weighted by Crippen LogP contribution is -2.33. The molecular formula is C15H19N3OS. The number of carbonyl (C=O) groups is 1. The first-order valence-corrected chi connectivity index (χ1v) is 7.57. The Morgan fingerprint density at radius 2 is 2.30 bits per heavy atom. The fourth-order valence-corrected chi connectivity index (χ4v) is 2.83. The van der Waals surface area contributed by atoms with E-state index >= 15 is 0 Å². The Hall–Kier alpha value is -1.75. The maximum absolute atomic E-state index is 11.9. The van der Waals surface area contributed by atoms with Gasteiger partial charge >= 0.3 is 0 Å². The summed E-state index contributed by atoms with van der Waals surface area (Å²) in [6, 6.07) is 4.09. The minimum absolute atomic E-state index is 0.0591. The van der Waals surface area contributed by atoms with Gasteiger partial charge in [0, 0.05) is 28.9 Å². The van der Waals surface area contributed by atoms with Gasteiger partial charge in [-0.15, -0.1) is 11.3 Å². The molecule has 0 radical (unpaired) electrons. The maximum atomic E-state index is 11.9. The summed E-state index contributed by atoms with van der Waals surface area (Å²) >= 11 is 1.56. The highest BCUT2D eigenvalue weighted by Crippen LogP contribution is 2.27. The molecule has 0 spiro atoms. The molecule has 2 rings (SSSR count). The summed E-state index contributed by atoms with van der Waals surface area (Å²) < 4.78 is 0. The quantitative estimate of drug-likeness (QED) is 0.920. The van der Waals surface area contributed by atoms with Crippen LogP contribution < -0.4 is 5.32 Å². The van der Waals surface area contributed by atoms with Crippen molar-refractivity contribution in [1.29, 1.82) is 0 Å². The molecule has 4 nitrogen and oxygen atoms in total. The summed E-state index contributed by atoms with van der Waals surface area (Å²) in [5.41, 5.74) is 1.92. The van der Waals surface area contributed by atoms with Crippen molar-refractivity contribution in [2.75, 3.05) is 0 Å². The molecule has 0 bridgehead atoms. The van der Waals surface area contributed by atoms with Gasteiger partial charge in [-0.25, -0.2) is 4.98 Å². The standard InChI is InChI=1S/C15H19N3OS/c1-4-10(2)17-14(19)8-13-11(3)18-15(20-13)12-6-5-7-16-9-12/h5-7,9-10H,4,8H2,1-3H3,(H,17,19). The van der Waals surface area contributed by atoms with Crippen molar-refractivity contribution < 1.29 is 4.79 Å². The third-order valence-electron chi connectivity index (χ3n) is 3.14. The summed E-state index contributed by atoms with van der Waals surface area (Å²) in [6.07, 6.45) is 4.87. The third kappa shape index (κ3) is 3.63. The minimum atomic E-state index is 0.0591. The van der Waals surface area contributed by atoms with Gasteiger partial charge in [-0.05, 0) is 32.4 Å². The summed E-state index contributed by atoms with van der Waals surface area (Å²) in [6.45, 7) is 6.02. The highest BCUT2D eigenvalue weighted by molar-refractivity contribution is 7.15. The van der Waals surface area contributed by atoms with E-state index in [-0.39, 0.29) is 11.9 Å². The zero-order chi connectivity index (χ0) is 14.5. The summed E-state index contributed by atoms with van der Waals surface area (Å²) in [5, 5.41) is 3.90. The maximum Gasteiger partial charge on any atom is 0.225 e. The molecule has 0 saturated carbocycles. The monoisotopic (exact) mass is 289 g/mol. The number of amides is 1. The second-order valence-electron chi connectivity index (χ2n) is 4.82. The van der Waals surface area contributed by atoms with E-state index in [9.17, 15) is 4.79 Å². The Morgan fingerprint density at radius 3 is 2.95 bits per heavy atom. The van der Waals surface area contributed by atoms with Crippen molar-refractivity contribution in [3.63, 3.8) is 0 Å². The molecule has 0 saturated heterocycles. The van der Waals surface area contributed by atoms with Crippen LogP contribution in [0.3, 0.4) is 0 Å². The van der Waals surface area contributed by atoms with Gasteiger partial charge in [0.15, 0.2) is 0 Å². The van der Waals surface area contributed by atoms with Gasteiger partial charge in [-0.2, -0.15) is 0 Å². The molecule has 1 N–H and O–H groups in total. The molecule has 0 aliphatic heterocycles. The molecule has 2 aromatic rings.